The van der Waals surface area contributed by atoms with E-state index in [0.29, 0.717) is 53.0 Å². The van der Waals surface area contributed by atoms with E-state index in [0.717, 1.165) is 23.6 Å². The number of para-hydroxylation sites is 1. The average Bonchev–Trinajstić information content (AvgIpc) is 3.18. The summed E-state index contributed by atoms with van der Waals surface area (Å²) < 4.78 is 17.4. The maximum absolute atomic E-state index is 12.9. The molecule has 0 saturated carbocycles. The lowest BCUT2D eigenvalue weighted by atomic mass is 9.83. The molecule has 3 aromatic rings. The van der Waals surface area contributed by atoms with E-state index in [-0.39, 0.29) is 17.4 Å². The topological polar surface area (TPSA) is 97.5 Å². The lowest BCUT2D eigenvalue weighted by Crippen LogP contribution is -2.50. The molecule has 1 saturated heterocycles. The molecular formula is C25H27ClN4O4. The van der Waals surface area contributed by atoms with Gasteiger partial charge in [0.05, 0.1) is 53.7 Å². The first-order valence-corrected chi connectivity index (χ1v) is 11.6. The summed E-state index contributed by atoms with van der Waals surface area (Å²) in [6.07, 6.45) is 4.09. The second kappa shape index (κ2) is 8.85. The Morgan fingerprint density at radius 3 is 2.91 bits per heavy atom. The van der Waals surface area contributed by atoms with Gasteiger partial charge in [-0.05, 0) is 18.2 Å². The summed E-state index contributed by atoms with van der Waals surface area (Å²) in [6.45, 7) is 6.02. The number of carbonyl (C=O) groups excluding carboxylic acids is 1. The number of carbonyl (C=O) groups is 1. The third kappa shape index (κ3) is 3.97. The number of pyridine rings is 1. The predicted molar refractivity (Wildman–Crippen MR) is 130 cm³/mol. The Balaban J connectivity index is 1.57. The van der Waals surface area contributed by atoms with Gasteiger partial charge in [0.2, 0.25) is 0 Å². The van der Waals surface area contributed by atoms with Gasteiger partial charge in [0.1, 0.15) is 12.4 Å². The van der Waals surface area contributed by atoms with E-state index in [9.17, 15) is 4.79 Å². The summed E-state index contributed by atoms with van der Waals surface area (Å²) in [4.78, 5) is 20.6. The molecule has 8 nitrogen and oxygen atoms in total. The SMILES string of the molecule is COc1c(Cl)cccc1Nc1c(-c2ccncc2OCC2OCC2(C)C)[nH]c2c1C(=O)NCC2. The van der Waals surface area contributed by atoms with Crippen molar-refractivity contribution >= 4 is 28.9 Å². The lowest BCUT2D eigenvalue weighted by molar-refractivity contribution is -0.180. The largest absolute Gasteiger partial charge is 0.493 e. The van der Waals surface area contributed by atoms with Crippen molar-refractivity contribution in [2.45, 2.75) is 26.4 Å². The van der Waals surface area contributed by atoms with E-state index in [1.165, 1.54) is 0 Å². The van der Waals surface area contributed by atoms with Crippen LogP contribution in [0.2, 0.25) is 5.02 Å². The Bertz CT molecular complexity index is 1240. The van der Waals surface area contributed by atoms with Crippen molar-refractivity contribution in [2.75, 3.05) is 32.2 Å². The monoisotopic (exact) mass is 482 g/mol. The number of ether oxygens (including phenoxy) is 3. The first-order chi connectivity index (χ1) is 16.4. The molecule has 5 rings (SSSR count). The molecule has 1 amide bonds. The van der Waals surface area contributed by atoms with Gasteiger partial charge >= 0.3 is 0 Å². The van der Waals surface area contributed by atoms with Crippen LogP contribution < -0.4 is 20.1 Å². The van der Waals surface area contributed by atoms with Crippen LogP contribution in [0.1, 0.15) is 29.9 Å². The summed E-state index contributed by atoms with van der Waals surface area (Å²) in [5, 5.41) is 6.80. The molecular weight excluding hydrogens is 456 g/mol. The maximum Gasteiger partial charge on any atom is 0.255 e. The fourth-order valence-corrected chi connectivity index (χ4v) is 4.58. The van der Waals surface area contributed by atoms with Crippen molar-refractivity contribution in [3.8, 4) is 22.8 Å². The molecule has 1 unspecified atom stereocenters. The first kappa shape index (κ1) is 22.6. The van der Waals surface area contributed by atoms with E-state index < -0.39 is 0 Å². The summed E-state index contributed by atoms with van der Waals surface area (Å²) in [7, 11) is 1.56. The van der Waals surface area contributed by atoms with Crippen LogP contribution in [-0.2, 0) is 11.2 Å². The number of amides is 1. The van der Waals surface area contributed by atoms with Gasteiger partial charge in [-0.2, -0.15) is 0 Å². The minimum absolute atomic E-state index is 0.0106. The Hall–Kier alpha value is -3.23. The molecule has 0 spiro atoms. The van der Waals surface area contributed by atoms with Crippen molar-refractivity contribution in [1.82, 2.24) is 15.3 Å². The van der Waals surface area contributed by atoms with E-state index >= 15 is 0 Å². The third-order valence-electron chi connectivity index (χ3n) is 6.37. The first-order valence-electron chi connectivity index (χ1n) is 11.2. The van der Waals surface area contributed by atoms with Crippen LogP contribution in [0.3, 0.4) is 0 Å². The smallest absolute Gasteiger partial charge is 0.255 e. The lowest BCUT2D eigenvalue weighted by Gasteiger charge is -2.43. The molecule has 1 fully saturated rings. The molecule has 0 bridgehead atoms. The number of benzene rings is 1. The van der Waals surface area contributed by atoms with Gasteiger partial charge in [0, 0.05) is 35.8 Å². The minimum Gasteiger partial charge on any atom is -0.493 e. The Morgan fingerprint density at radius 2 is 2.18 bits per heavy atom. The van der Waals surface area contributed by atoms with Crippen molar-refractivity contribution in [2.24, 2.45) is 5.41 Å². The molecule has 1 aromatic carbocycles. The van der Waals surface area contributed by atoms with Crippen LogP contribution in [0, 0.1) is 5.41 Å². The number of nitrogens with one attached hydrogen (secondary N) is 3. The van der Waals surface area contributed by atoms with Crippen LogP contribution in [0.4, 0.5) is 11.4 Å². The molecule has 34 heavy (non-hydrogen) atoms. The van der Waals surface area contributed by atoms with E-state index in [4.69, 9.17) is 25.8 Å². The van der Waals surface area contributed by atoms with Crippen LogP contribution in [0.25, 0.3) is 11.3 Å². The summed E-state index contributed by atoms with van der Waals surface area (Å²) in [5.41, 5.74) is 4.29. The van der Waals surface area contributed by atoms with Gasteiger partial charge in [-0.25, -0.2) is 0 Å². The van der Waals surface area contributed by atoms with Crippen molar-refractivity contribution in [1.29, 1.82) is 0 Å². The van der Waals surface area contributed by atoms with Crippen LogP contribution in [0.15, 0.2) is 36.7 Å². The molecule has 2 aromatic heterocycles. The van der Waals surface area contributed by atoms with Crippen molar-refractivity contribution in [3.63, 3.8) is 0 Å². The zero-order chi connectivity index (χ0) is 23.9. The number of fused-ring (bicyclic) bond motifs is 1. The minimum atomic E-state index is -0.145. The number of rotatable bonds is 7. The zero-order valence-electron chi connectivity index (χ0n) is 19.3. The van der Waals surface area contributed by atoms with Crippen molar-refractivity contribution < 1.29 is 19.0 Å². The highest BCUT2D eigenvalue weighted by Gasteiger charge is 2.40. The highest BCUT2D eigenvalue weighted by molar-refractivity contribution is 6.32. The van der Waals surface area contributed by atoms with Crippen molar-refractivity contribution in [3.05, 3.63) is 52.9 Å². The molecule has 0 radical (unpaired) electrons. The molecule has 1 atom stereocenters. The number of aromatic nitrogens is 2. The number of hydrogen-bond acceptors (Lipinski definition) is 6. The maximum atomic E-state index is 12.9. The van der Waals surface area contributed by atoms with Crippen LogP contribution in [-0.4, -0.2) is 48.8 Å². The highest BCUT2D eigenvalue weighted by atomic mass is 35.5. The van der Waals surface area contributed by atoms with Gasteiger partial charge in [0.25, 0.3) is 5.91 Å². The highest BCUT2D eigenvalue weighted by Crippen LogP contribution is 2.43. The molecule has 9 heteroatoms. The van der Waals surface area contributed by atoms with Gasteiger partial charge in [0.15, 0.2) is 5.75 Å². The predicted octanol–water partition coefficient (Wildman–Crippen LogP) is 4.57. The van der Waals surface area contributed by atoms with Crippen LogP contribution >= 0.6 is 11.6 Å². The molecule has 3 N–H and O–H groups in total. The number of aromatic amines is 1. The number of H-pyrrole nitrogens is 1. The number of anilines is 2. The normalized spacial score (nSPS) is 18.5. The standard InChI is InChI=1S/C25H27ClN4O4/c1-25(2)13-34-19(25)12-33-18-11-27-9-7-14(18)21-22(20-16(29-21)8-10-28-24(20)31)30-17-6-4-5-15(26)23(17)32-3/h4-7,9,11,19,29-30H,8,10,12-13H2,1-3H3,(H,28,31). The second-order valence-electron chi connectivity index (χ2n) is 9.15. The van der Waals surface area contributed by atoms with Gasteiger partial charge in [-0.15, -0.1) is 0 Å². The van der Waals surface area contributed by atoms with E-state index in [1.54, 1.807) is 25.6 Å². The van der Waals surface area contributed by atoms with E-state index in [2.05, 4.69) is 34.4 Å². The van der Waals surface area contributed by atoms with E-state index in [1.807, 2.05) is 18.2 Å². The zero-order valence-corrected chi connectivity index (χ0v) is 20.1. The summed E-state index contributed by atoms with van der Waals surface area (Å²) in [5.74, 6) is 0.958. The van der Waals surface area contributed by atoms with Gasteiger partial charge < -0.3 is 29.8 Å². The Kier molecular flexibility index (Phi) is 5.87. The molecule has 4 heterocycles. The molecule has 178 valence electrons. The fraction of sp³-hybridized carbons (Fsp3) is 0.360. The number of halogens is 1. The summed E-state index contributed by atoms with van der Waals surface area (Å²) in [6, 6.07) is 7.31. The van der Waals surface area contributed by atoms with Crippen LogP contribution in [0.5, 0.6) is 11.5 Å². The Labute approximate surface area is 203 Å². The average molecular weight is 483 g/mol. The summed E-state index contributed by atoms with van der Waals surface area (Å²) >= 11 is 6.34. The van der Waals surface area contributed by atoms with Gasteiger partial charge in [-0.3, -0.25) is 9.78 Å². The molecule has 2 aliphatic heterocycles. The number of nitrogens with zero attached hydrogens (tertiary/aromatic N) is 1. The third-order valence-corrected chi connectivity index (χ3v) is 6.67. The molecule has 2 aliphatic rings. The quantitative estimate of drug-likeness (QED) is 0.456. The number of methoxy groups -OCH3 is 1. The second-order valence-corrected chi connectivity index (χ2v) is 9.56. The fourth-order valence-electron chi connectivity index (χ4n) is 4.33. The molecule has 0 aliphatic carbocycles. The van der Waals surface area contributed by atoms with Gasteiger partial charge in [-0.1, -0.05) is 31.5 Å². The Morgan fingerprint density at radius 1 is 1.32 bits per heavy atom. The number of hydrogen-bond donors (Lipinski definition) is 3.